The molecule has 0 aliphatic rings. The quantitative estimate of drug-likeness (QED) is 0.796. The van der Waals surface area contributed by atoms with E-state index in [-0.39, 0.29) is 29.7 Å². The summed E-state index contributed by atoms with van der Waals surface area (Å²) < 4.78 is 26.3. The lowest BCUT2D eigenvalue weighted by molar-refractivity contribution is 0.0695. The summed E-state index contributed by atoms with van der Waals surface area (Å²) in [6.07, 6.45) is 0. The van der Waals surface area contributed by atoms with Crippen molar-refractivity contribution < 1.29 is 23.4 Å². The number of carbonyl (C=O) groups is 1. The molecule has 0 aliphatic carbocycles. The van der Waals surface area contributed by atoms with Crippen LogP contribution in [0.5, 0.6) is 0 Å². The molecule has 1 aromatic rings. The number of carboxylic acids is 1. The van der Waals surface area contributed by atoms with E-state index in [1.807, 2.05) is 0 Å². The van der Waals surface area contributed by atoms with Gasteiger partial charge in [0.05, 0.1) is 17.1 Å². The molecule has 0 saturated heterocycles. The van der Waals surface area contributed by atoms with Crippen molar-refractivity contribution in [3.8, 4) is 0 Å². The number of halogens is 1. The number of hydrogen-bond donors (Lipinski definition) is 2. The molecule has 0 bridgehead atoms. The summed E-state index contributed by atoms with van der Waals surface area (Å²) in [5, 5.41) is 18.0. The Kier molecular flexibility index (Phi) is 5.69. The molecular weight excluding hydrogens is 350 g/mol. The molecule has 0 saturated carbocycles. The smallest absolute Gasteiger partial charge is 0.336 e. The maximum absolute atomic E-state index is 12.5. The van der Waals surface area contributed by atoms with Gasteiger partial charge in [-0.15, -0.1) is 0 Å². The van der Waals surface area contributed by atoms with Crippen LogP contribution in [0.1, 0.15) is 24.2 Å². The minimum absolute atomic E-state index is 0.0432. The highest BCUT2D eigenvalue weighted by Gasteiger charge is 2.27. The number of nitrogens with zero attached hydrogens (tertiary/aromatic N) is 1. The highest BCUT2D eigenvalue weighted by molar-refractivity contribution is 9.10. The molecule has 0 fully saturated rings. The molecule has 0 atom stereocenters. The number of carboxylic acid groups (broad SMARTS) is 1. The zero-order valence-electron chi connectivity index (χ0n) is 11.1. The highest BCUT2D eigenvalue weighted by Crippen LogP contribution is 2.24. The Balaban J connectivity index is 3.34. The van der Waals surface area contributed by atoms with Crippen molar-refractivity contribution in [2.45, 2.75) is 24.8 Å². The van der Waals surface area contributed by atoms with Gasteiger partial charge < -0.3 is 10.2 Å². The van der Waals surface area contributed by atoms with Gasteiger partial charge >= 0.3 is 5.97 Å². The van der Waals surface area contributed by atoms with Gasteiger partial charge in [-0.2, -0.15) is 4.31 Å². The van der Waals surface area contributed by atoms with Crippen LogP contribution in [-0.2, 0) is 10.0 Å². The van der Waals surface area contributed by atoms with E-state index in [0.717, 1.165) is 10.4 Å². The van der Waals surface area contributed by atoms with Crippen molar-refractivity contribution in [1.29, 1.82) is 0 Å². The van der Waals surface area contributed by atoms with Gasteiger partial charge in [0, 0.05) is 17.1 Å². The molecule has 0 spiro atoms. The van der Waals surface area contributed by atoms with E-state index < -0.39 is 16.0 Å². The number of aromatic carboxylic acids is 1. The van der Waals surface area contributed by atoms with Gasteiger partial charge in [-0.1, -0.05) is 0 Å². The van der Waals surface area contributed by atoms with Gasteiger partial charge in [0.25, 0.3) is 0 Å². The highest BCUT2D eigenvalue weighted by atomic mass is 79.9. The second-order valence-electron chi connectivity index (χ2n) is 4.38. The van der Waals surface area contributed by atoms with Crippen molar-refractivity contribution in [1.82, 2.24) is 4.31 Å². The number of rotatable bonds is 6. The lowest BCUT2D eigenvalue weighted by Gasteiger charge is -2.25. The van der Waals surface area contributed by atoms with Crippen molar-refractivity contribution in [3.05, 3.63) is 28.2 Å². The van der Waals surface area contributed by atoms with Crippen LogP contribution in [0.15, 0.2) is 27.6 Å². The molecule has 0 aliphatic heterocycles. The number of benzene rings is 1. The third-order valence-electron chi connectivity index (χ3n) is 2.67. The van der Waals surface area contributed by atoms with E-state index in [1.54, 1.807) is 13.8 Å². The molecule has 0 amide bonds. The molecule has 0 heterocycles. The molecule has 8 heteroatoms. The normalized spacial score (nSPS) is 12.1. The molecule has 6 nitrogen and oxygen atoms in total. The molecule has 0 aromatic heterocycles. The summed E-state index contributed by atoms with van der Waals surface area (Å²) in [7, 11) is -3.85. The van der Waals surface area contributed by atoms with Crippen LogP contribution in [0.25, 0.3) is 0 Å². The van der Waals surface area contributed by atoms with Gasteiger partial charge in [0.15, 0.2) is 0 Å². The lowest BCUT2D eigenvalue weighted by atomic mass is 10.2. The summed E-state index contributed by atoms with van der Waals surface area (Å²) in [5.41, 5.74) is -0.126. The van der Waals surface area contributed by atoms with Gasteiger partial charge in [0.1, 0.15) is 0 Å². The van der Waals surface area contributed by atoms with Crippen molar-refractivity contribution in [2.75, 3.05) is 13.2 Å². The average Bonchev–Trinajstić information content (AvgIpc) is 2.35. The van der Waals surface area contributed by atoms with E-state index in [0.29, 0.717) is 4.47 Å². The Bertz CT molecular complexity index is 600. The van der Waals surface area contributed by atoms with Gasteiger partial charge in [-0.25, -0.2) is 13.2 Å². The van der Waals surface area contributed by atoms with Crippen LogP contribution in [0.2, 0.25) is 0 Å². The first-order chi connectivity index (χ1) is 9.21. The topological polar surface area (TPSA) is 94.9 Å². The first kappa shape index (κ1) is 17.1. The Morgan fingerprint density at radius 2 is 2.00 bits per heavy atom. The fraction of sp³-hybridized carbons (Fsp3) is 0.417. The molecule has 1 rings (SSSR count). The summed E-state index contributed by atoms with van der Waals surface area (Å²) in [4.78, 5) is 10.9. The molecule has 0 unspecified atom stereocenters. The summed E-state index contributed by atoms with van der Waals surface area (Å²) >= 11 is 3.07. The van der Waals surface area contributed by atoms with Crippen molar-refractivity contribution in [3.63, 3.8) is 0 Å². The van der Waals surface area contributed by atoms with Gasteiger partial charge in [-0.05, 0) is 48.0 Å². The second-order valence-corrected chi connectivity index (χ2v) is 7.12. The van der Waals surface area contributed by atoms with Crippen LogP contribution < -0.4 is 0 Å². The number of aliphatic hydroxyl groups excluding tert-OH is 1. The lowest BCUT2D eigenvalue weighted by Crippen LogP contribution is -2.39. The molecular formula is C12H16BrNO5S. The molecule has 20 heavy (non-hydrogen) atoms. The Morgan fingerprint density at radius 3 is 2.45 bits per heavy atom. The van der Waals surface area contributed by atoms with E-state index in [1.165, 1.54) is 12.1 Å². The molecule has 112 valence electrons. The number of aliphatic hydroxyl groups is 1. The third kappa shape index (κ3) is 3.57. The molecule has 2 N–H and O–H groups in total. The summed E-state index contributed by atoms with van der Waals surface area (Å²) in [6, 6.07) is 3.48. The molecule has 1 aromatic carbocycles. The SMILES string of the molecule is CC(C)N(CCO)S(=O)(=O)c1ccc(Br)c(C(=O)O)c1. The van der Waals surface area contributed by atoms with E-state index >= 15 is 0 Å². The van der Waals surface area contributed by atoms with E-state index in [9.17, 15) is 13.2 Å². The first-order valence-electron chi connectivity index (χ1n) is 5.87. The van der Waals surface area contributed by atoms with E-state index in [2.05, 4.69) is 15.9 Å². The maximum Gasteiger partial charge on any atom is 0.336 e. The fourth-order valence-corrected chi connectivity index (χ4v) is 3.79. The third-order valence-corrected chi connectivity index (χ3v) is 5.43. The zero-order chi connectivity index (χ0) is 15.5. The number of sulfonamides is 1. The maximum atomic E-state index is 12.5. The van der Waals surface area contributed by atoms with Gasteiger partial charge in [0.2, 0.25) is 10.0 Å². The van der Waals surface area contributed by atoms with E-state index in [4.69, 9.17) is 10.2 Å². The zero-order valence-corrected chi connectivity index (χ0v) is 13.5. The van der Waals surface area contributed by atoms with Crippen molar-refractivity contribution in [2.24, 2.45) is 0 Å². The summed E-state index contributed by atoms with van der Waals surface area (Å²) in [6.45, 7) is 3.02. The Labute approximate surface area is 126 Å². The first-order valence-corrected chi connectivity index (χ1v) is 8.10. The Morgan fingerprint density at radius 1 is 1.40 bits per heavy atom. The molecule has 0 radical (unpaired) electrons. The van der Waals surface area contributed by atoms with Crippen LogP contribution in [0.3, 0.4) is 0 Å². The average molecular weight is 366 g/mol. The van der Waals surface area contributed by atoms with Crippen LogP contribution in [0.4, 0.5) is 0 Å². The monoisotopic (exact) mass is 365 g/mol. The Hall–Kier alpha value is -0.960. The van der Waals surface area contributed by atoms with Crippen LogP contribution >= 0.6 is 15.9 Å². The second kappa shape index (κ2) is 6.66. The minimum Gasteiger partial charge on any atom is -0.478 e. The van der Waals surface area contributed by atoms with Crippen molar-refractivity contribution >= 4 is 31.9 Å². The number of hydrogen-bond acceptors (Lipinski definition) is 4. The van der Waals surface area contributed by atoms with Gasteiger partial charge in [-0.3, -0.25) is 0 Å². The fourth-order valence-electron chi connectivity index (χ4n) is 1.72. The predicted octanol–water partition coefficient (Wildman–Crippen LogP) is 1.54. The largest absolute Gasteiger partial charge is 0.478 e. The summed E-state index contributed by atoms with van der Waals surface area (Å²) in [5.74, 6) is -1.22. The predicted molar refractivity (Wildman–Crippen MR) is 77.2 cm³/mol. The van der Waals surface area contributed by atoms with Crippen LogP contribution in [0, 0.1) is 0 Å². The minimum atomic E-state index is -3.85. The van der Waals surface area contributed by atoms with Crippen LogP contribution in [-0.4, -0.2) is 48.1 Å². The standard InChI is InChI=1S/C12H16BrNO5S/c1-8(2)14(5-6-15)20(18,19)9-3-4-11(13)10(7-9)12(16)17/h3-4,7-8,15H,5-6H2,1-2H3,(H,16,17).